The zero-order valence-corrected chi connectivity index (χ0v) is 17.9. The number of thioether (sulfide) groups is 2. The minimum atomic E-state index is -0.280. The van der Waals surface area contributed by atoms with E-state index >= 15 is 0 Å². The van der Waals surface area contributed by atoms with Gasteiger partial charge in [-0.2, -0.15) is 5.26 Å². The number of hydrogen-bond donors (Lipinski definition) is 1. The summed E-state index contributed by atoms with van der Waals surface area (Å²) < 4.78 is 0. The van der Waals surface area contributed by atoms with E-state index in [-0.39, 0.29) is 11.7 Å². The first-order chi connectivity index (χ1) is 13.0. The average Bonchev–Trinajstić information content (AvgIpc) is 3.07. The van der Waals surface area contributed by atoms with Gasteiger partial charge >= 0.3 is 0 Å². The van der Waals surface area contributed by atoms with E-state index in [4.69, 9.17) is 0 Å². The molecule has 2 heterocycles. The predicted octanol–water partition coefficient (Wildman–Crippen LogP) is 5.82. The normalized spacial score (nSPS) is 16.9. The first-order valence-corrected chi connectivity index (χ1v) is 11.4. The van der Waals surface area contributed by atoms with Gasteiger partial charge in [-0.3, -0.25) is 4.79 Å². The Labute approximate surface area is 172 Å². The summed E-state index contributed by atoms with van der Waals surface area (Å²) in [5.41, 5.74) is 3.29. The number of rotatable bonds is 6. The highest BCUT2D eigenvalue weighted by Gasteiger charge is 2.34. The van der Waals surface area contributed by atoms with Crippen molar-refractivity contribution < 1.29 is 4.79 Å². The molecule has 3 nitrogen and oxygen atoms in total. The lowest BCUT2D eigenvalue weighted by atomic mass is 9.84. The molecule has 1 aromatic carbocycles. The molecule has 1 atom stereocenters. The first kappa shape index (κ1) is 19.8. The third-order valence-corrected chi connectivity index (χ3v) is 7.61. The summed E-state index contributed by atoms with van der Waals surface area (Å²) >= 11 is 4.96. The van der Waals surface area contributed by atoms with Crippen LogP contribution in [0.1, 0.15) is 30.2 Å². The minimum absolute atomic E-state index is 0.00765. The summed E-state index contributed by atoms with van der Waals surface area (Å²) in [5, 5.41) is 16.9. The zero-order valence-electron chi connectivity index (χ0n) is 15.4. The molecule has 0 bridgehead atoms. The summed E-state index contributed by atoms with van der Waals surface area (Å²) in [6, 6.07) is 14.6. The van der Waals surface area contributed by atoms with Gasteiger partial charge in [0, 0.05) is 21.0 Å². The van der Waals surface area contributed by atoms with Crippen molar-refractivity contribution in [2.75, 3.05) is 5.08 Å². The van der Waals surface area contributed by atoms with Crippen LogP contribution in [0.15, 0.2) is 68.5 Å². The molecule has 6 heteroatoms. The Bertz CT molecular complexity index is 951. The summed E-state index contributed by atoms with van der Waals surface area (Å²) in [5.74, 6) is -0.272. The van der Waals surface area contributed by atoms with Gasteiger partial charge in [-0.1, -0.05) is 30.0 Å². The molecular formula is C21H20N2OS3. The molecule has 1 aliphatic heterocycles. The summed E-state index contributed by atoms with van der Waals surface area (Å²) in [6.07, 6.45) is 0. The number of dihydropyridines is 1. The van der Waals surface area contributed by atoms with Crippen LogP contribution in [-0.4, -0.2) is 10.9 Å². The molecule has 0 unspecified atom stereocenters. The maximum absolute atomic E-state index is 12.4. The van der Waals surface area contributed by atoms with Crippen LogP contribution in [0.25, 0.3) is 0 Å². The van der Waals surface area contributed by atoms with Gasteiger partial charge in [-0.15, -0.1) is 23.1 Å². The molecule has 0 spiro atoms. The Morgan fingerprint density at radius 2 is 1.96 bits per heavy atom. The smallest absolute Gasteiger partial charge is 0.158 e. The van der Waals surface area contributed by atoms with E-state index in [2.05, 4.69) is 23.5 Å². The molecule has 2 aromatic rings. The van der Waals surface area contributed by atoms with E-state index in [0.29, 0.717) is 11.1 Å². The molecule has 138 valence electrons. The van der Waals surface area contributed by atoms with Gasteiger partial charge in [0.15, 0.2) is 5.78 Å². The van der Waals surface area contributed by atoms with Crippen molar-refractivity contribution in [1.82, 2.24) is 5.32 Å². The van der Waals surface area contributed by atoms with Gasteiger partial charge in [0.05, 0.1) is 27.7 Å². The number of Topliss-reactive ketones (excluding diaryl/α,β-unsaturated/α-hetero) is 1. The molecule has 0 saturated heterocycles. The molecule has 0 amide bonds. The molecule has 0 aliphatic carbocycles. The number of nitriles is 1. The highest BCUT2D eigenvalue weighted by atomic mass is 32.2. The van der Waals surface area contributed by atoms with E-state index in [9.17, 15) is 10.1 Å². The third kappa shape index (κ3) is 4.32. The number of ketones is 1. The number of thiophene rings is 1. The van der Waals surface area contributed by atoms with Crippen molar-refractivity contribution in [3.05, 3.63) is 74.1 Å². The second-order valence-corrected chi connectivity index (χ2v) is 9.54. The fraction of sp³-hybridized carbons (Fsp3) is 0.238. The molecule has 0 fully saturated rings. The van der Waals surface area contributed by atoms with Crippen molar-refractivity contribution in [2.24, 2.45) is 0 Å². The van der Waals surface area contributed by atoms with Gasteiger partial charge in [-0.25, -0.2) is 0 Å². The fourth-order valence-electron chi connectivity index (χ4n) is 3.11. The largest absolute Gasteiger partial charge is 0.353 e. The van der Waals surface area contributed by atoms with Crippen molar-refractivity contribution in [1.29, 1.82) is 5.26 Å². The second kappa shape index (κ2) is 8.83. The van der Waals surface area contributed by atoms with Crippen LogP contribution < -0.4 is 5.32 Å². The summed E-state index contributed by atoms with van der Waals surface area (Å²) in [6.45, 7) is 5.54. The third-order valence-electron chi connectivity index (χ3n) is 4.36. The fourth-order valence-corrected chi connectivity index (χ4v) is 6.30. The van der Waals surface area contributed by atoms with Crippen LogP contribution in [0.3, 0.4) is 0 Å². The highest BCUT2D eigenvalue weighted by Crippen LogP contribution is 2.44. The molecule has 27 heavy (non-hydrogen) atoms. The Morgan fingerprint density at radius 1 is 1.22 bits per heavy atom. The molecule has 0 saturated carbocycles. The Kier molecular flexibility index (Phi) is 6.48. The Balaban J connectivity index is 1.91. The zero-order chi connectivity index (χ0) is 19.4. The molecule has 3 rings (SSSR count). The van der Waals surface area contributed by atoms with Gasteiger partial charge in [-0.05, 0) is 49.9 Å². The number of nitrogens with one attached hydrogen (secondary N) is 1. The van der Waals surface area contributed by atoms with Crippen molar-refractivity contribution in [3.8, 4) is 6.07 Å². The second-order valence-electron chi connectivity index (χ2n) is 6.19. The monoisotopic (exact) mass is 412 g/mol. The van der Waals surface area contributed by atoms with Crippen LogP contribution >= 0.6 is 34.9 Å². The molecular weight excluding hydrogens is 392 g/mol. The lowest BCUT2D eigenvalue weighted by molar-refractivity contribution is -0.113. The standard InChI is InChI=1S/C21H20N2OS3/c1-13-9-10-25-20(13)19-17(11-22)21(23-14(2)18(19)15(3)24)27-12-26-16-7-5-4-6-8-16/h4-10,19,23H,12H2,1-3H3/t19-/m0/s1. The van der Waals surface area contributed by atoms with E-state index in [1.54, 1.807) is 41.8 Å². The number of nitrogens with zero attached hydrogens (tertiary/aromatic N) is 1. The molecule has 1 N–H and O–H groups in total. The number of allylic oxidation sites excluding steroid dienone is 3. The van der Waals surface area contributed by atoms with E-state index in [1.165, 1.54) is 4.90 Å². The van der Waals surface area contributed by atoms with Crippen LogP contribution in [0, 0.1) is 18.3 Å². The molecule has 1 aliphatic rings. The average molecular weight is 413 g/mol. The first-order valence-electron chi connectivity index (χ1n) is 8.50. The topological polar surface area (TPSA) is 52.9 Å². The van der Waals surface area contributed by atoms with Crippen molar-refractivity contribution in [2.45, 2.75) is 31.6 Å². The Hall–Kier alpha value is -1.94. The van der Waals surface area contributed by atoms with Gasteiger partial charge < -0.3 is 5.32 Å². The van der Waals surface area contributed by atoms with E-state index in [0.717, 1.165) is 26.3 Å². The molecule has 0 radical (unpaired) electrons. The summed E-state index contributed by atoms with van der Waals surface area (Å²) in [7, 11) is 0. The van der Waals surface area contributed by atoms with Crippen LogP contribution in [0.2, 0.25) is 0 Å². The number of aryl methyl sites for hydroxylation is 1. The number of hydrogen-bond acceptors (Lipinski definition) is 6. The maximum Gasteiger partial charge on any atom is 0.158 e. The molecule has 1 aromatic heterocycles. The predicted molar refractivity (Wildman–Crippen MR) is 116 cm³/mol. The van der Waals surface area contributed by atoms with Gasteiger partial charge in [0.2, 0.25) is 0 Å². The van der Waals surface area contributed by atoms with Gasteiger partial charge in [0.1, 0.15) is 0 Å². The number of carbonyl (C=O) groups is 1. The Morgan fingerprint density at radius 3 is 2.56 bits per heavy atom. The van der Waals surface area contributed by atoms with E-state index in [1.807, 2.05) is 43.5 Å². The van der Waals surface area contributed by atoms with Crippen LogP contribution in [-0.2, 0) is 4.79 Å². The van der Waals surface area contributed by atoms with Crippen molar-refractivity contribution in [3.63, 3.8) is 0 Å². The van der Waals surface area contributed by atoms with Crippen LogP contribution in [0.4, 0.5) is 0 Å². The lowest BCUT2D eigenvalue weighted by Gasteiger charge is -2.29. The van der Waals surface area contributed by atoms with Crippen molar-refractivity contribution >= 4 is 40.6 Å². The van der Waals surface area contributed by atoms with Gasteiger partial charge in [0.25, 0.3) is 0 Å². The minimum Gasteiger partial charge on any atom is -0.353 e. The quantitative estimate of drug-likeness (QED) is 0.478. The van der Waals surface area contributed by atoms with E-state index < -0.39 is 0 Å². The lowest BCUT2D eigenvalue weighted by Crippen LogP contribution is -2.26. The number of benzene rings is 1. The highest BCUT2D eigenvalue weighted by molar-refractivity contribution is 8.17. The number of carbonyl (C=O) groups excluding carboxylic acids is 1. The SMILES string of the molecule is CC(=O)C1=C(C)NC(SCSc2ccccc2)=C(C#N)[C@@H]1c1sccc1C. The maximum atomic E-state index is 12.4. The van der Waals surface area contributed by atoms with Crippen LogP contribution in [0.5, 0.6) is 0 Å². The summed E-state index contributed by atoms with van der Waals surface area (Å²) in [4.78, 5) is 14.6.